The lowest BCUT2D eigenvalue weighted by molar-refractivity contribution is 0.0884. The van der Waals surface area contributed by atoms with Crippen LogP contribution >= 0.6 is 19.3 Å². The maximum absolute atomic E-state index is 12.2. The Balaban J connectivity index is 1.91. The fourth-order valence-electron chi connectivity index (χ4n) is 2.60. The largest absolute Gasteiger partial charge is 0.405 e. The molecule has 0 amide bonds. The molecular formula is C16H33ClNO3P. The second-order valence-corrected chi connectivity index (χ2v) is 8.18. The van der Waals surface area contributed by atoms with Gasteiger partial charge in [-0.3, -0.25) is 9.05 Å². The zero-order chi connectivity index (χ0) is 16.1. The summed E-state index contributed by atoms with van der Waals surface area (Å²) in [6.45, 7) is 3.39. The molecule has 1 aliphatic heterocycles. The summed E-state index contributed by atoms with van der Waals surface area (Å²) >= 11 is 5.75. The molecule has 4 nitrogen and oxygen atoms in total. The van der Waals surface area contributed by atoms with E-state index >= 15 is 0 Å². The van der Waals surface area contributed by atoms with Gasteiger partial charge in [-0.2, -0.15) is 0 Å². The Labute approximate surface area is 141 Å². The van der Waals surface area contributed by atoms with Crippen molar-refractivity contribution in [1.29, 1.82) is 0 Å². The third-order valence-electron chi connectivity index (χ3n) is 4.00. The van der Waals surface area contributed by atoms with Gasteiger partial charge in [-0.25, -0.2) is 9.65 Å². The Hall–Kier alpha value is 0.400. The third-order valence-corrected chi connectivity index (χ3v) is 6.05. The van der Waals surface area contributed by atoms with Crippen LogP contribution in [0.5, 0.6) is 0 Å². The average molecular weight is 354 g/mol. The van der Waals surface area contributed by atoms with E-state index in [-0.39, 0.29) is 6.10 Å². The highest BCUT2D eigenvalue weighted by atomic mass is 35.5. The summed E-state index contributed by atoms with van der Waals surface area (Å²) in [4.78, 5) is 0. The van der Waals surface area contributed by atoms with E-state index in [1.807, 2.05) is 0 Å². The number of unbranched alkanes of at least 4 members (excludes halogenated alkanes) is 9. The van der Waals surface area contributed by atoms with Crippen molar-refractivity contribution in [3.8, 4) is 0 Å². The van der Waals surface area contributed by atoms with E-state index in [1.54, 1.807) is 0 Å². The van der Waals surface area contributed by atoms with Crippen molar-refractivity contribution in [3.05, 3.63) is 0 Å². The molecule has 1 saturated heterocycles. The van der Waals surface area contributed by atoms with Gasteiger partial charge in [0.05, 0.1) is 12.7 Å². The Kier molecular flexibility index (Phi) is 11.9. The summed E-state index contributed by atoms with van der Waals surface area (Å²) in [5.74, 6) is 0.368. The van der Waals surface area contributed by atoms with Gasteiger partial charge in [0.25, 0.3) is 0 Å². The summed E-state index contributed by atoms with van der Waals surface area (Å²) in [7, 11) is -3.10. The highest BCUT2D eigenvalue weighted by molar-refractivity contribution is 7.51. The molecule has 0 spiro atoms. The molecular weight excluding hydrogens is 321 g/mol. The van der Waals surface area contributed by atoms with Crippen molar-refractivity contribution in [2.24, 2.45) is 0 Å². The molecule has 0 radical (unpaired) electrons. The first-order valence-corrected chi connectivity index (χ1v) is 11.0. The second-order valence-electron chi connectivity index (χ2n) is 6.09. The van der Waals surface area contributed by atoms with Crippen molar-refractivity contribution in [2.45, 2.75) is 83.7 Å². The number of hydrogen-bond acceptors (Lipinski definition) is 3. The maximum atomic E-state index is 12.2. The van der Waals surface area contributed by atoms with Gasteiger partial charge in [-0.1, -0.05) is 64.7 Å². The molecule has 1 rings (SSSR count). The molecule has 0 aliphatic carbocycles. The summed E-state index contributed by atoms with van der Waals surface area (Å²) in [5, 5.41) is 2.94. The summed E-state index contributed by atoms with van der Waals surface area (Å²) < 4.78 is 22.9. The molecule has 2 atom stereocenters. The van der Waals surface area contributed by atoms with Gasteiger partial charge in [0.1, 0.15) is 0 Å². The van der Waals surface area contributed by atoms with Gasteiger partial charge in [0.2, 0.25) is 0 Å². The van der Waals surface area contributed by atoms with Crippen LogP contribution in [-0.2, 0) is 13.6 Å². The molecule has 0 aromatic heterocycles. The smallest absolute Gasteiger partial charge is 0.297 e. The van der Waals surface area contributed by atoms with Crippen molar-refractivity contribution in [2.75, 3.05) is 19.0 Å². The Morgan fingerprint density at radius 1 is 1.05 bits per heavy atom. The van der Waals surface area contributed by atoms with Crippen molar-refractivity contribution < 1.29 is 13.6 Å². The first kappa shape index (κ1) is 20.4. The molecule has 0 bridgehead atoms. The van der Waals surface area contributed by atoms with Gasteiger partial charge in [-0.05, 0) is 12.8 Å². The summed E-state index contributed by atoms with van der Waals surface area (Å²) in [6, 6.07) is 0. The number of hydrogen-bond donors (Lipinski definition) is 1. The molecule has 0 saturated carbocycles. The maximum Gasteiger partial charge on any atom is 0.405 e. The number of nitrogens with one attached hydrogen (secondary N) is 1. The lowest BCUT2D eigenvalue weighted by atomic mass is 10.1. The number of rotatable bonds is 13. The molecule has 132 valence electrons. The van der Waals surface area contributed by atoms with E-state index in [9.17, 15) is 4.57 Å². The predicted octanol–water partition coefficient (Wildman–Crippen LogP) is 5.65. The van der Waals surface area contributed by atoms with Crippen LogP contribution in [0.3, 0.4) is 0 Å². The lowest BCUT2D eigenvalue weighted by Crippen LogP contribution is -2.28. The zero-order valence-corrected chi connectivity index (χ0v) is 15.7. The first-order chi connectivity index (χ1) is 10.7. The molecule has 1 aliphatic rings. The molecule has 1 N–H and O–H groups in total. The van der Waals surface area contributed by atoms with Crippen LogP contribution in [0.2, 0.25) is 0 Å². The Morgan fingerprint density at radius 2 is 1.64 bits per heavy atom. The van der Waals surface area contributed by atoms with Gasteiger partial charge < -0.3 is 0 Å². The van der Waals surface area contributed by atoms with Gasteiger partial charge in [-0.15, -0.1) is 11.6 Å². The highest BCUT2D eigenvalue weighted by Crippen LogP contribution is 2.48. The SMILES string of the molecule is CCCCCCCCCCCCN[P@@]1(=O)OCC[C@@H](CCl)O1. The van der Waals surface area contributed by atoms with Crippen molar-refractivity contribution in [3.63, 3.8) is 0 Å². The summed E-state index contributed by atoms with van der Waals surface area (Å²) in [6.07, 6.45) is 13.5. The van der Waals surface area contributed by atoms with Crippen LogP contribution in [-0.4, -0.2) is 25.1 Å². The average Bonchev–Trinajstić information content (AvgIpc) is 2.52. The van der Waals surface area contributed by atoms with E-state index in [0.29, 0.717) is 25.5 Å². The number of alkyl halides is 1. The van der Waals surface area contributed by atoms with E-state index in [2.05, 4.69) is 12.0 Å². The third kappa shape index (κ3) is 9.52. The second kappa shape index (κ2) is 12.8. The molecule has 1 heterocycles. The molecule has 6 heteroatoms. The van der Waals surface area contributed by atoms with E-state index < -0.39 is 7.75 Å². The van der Waals surface area contributed by atoms with Crippen molar-refractivity contribution >= 4 is 19.3 Å². The zero-order valence-electron chi connectivity index (χ0n) is 14.0. The molecule has 0 aromatic carbocycles. The fourth-order valence-corrected chi connectivity index (χ4v) is 4.48. The normalized spacial score (nSPS) is 25.5. The lowest BCUT2D eigenvalue weighted by Gasteiger charge is -2.28. The molecule has 0 unspecified atom stereocenters. The minimum absolute atomic E-state index is 0.151. The highest BCUT2D eigenvalue weighted by Gasteiger charge is 2.32. The fraction of sp³-hybridized carbons (Fsp3) is 1.00. The van der Waals surface area contributed by atoms with Gasteiger partial charge >= 0.3 is 7.75 Å². The van der Waals surface area contributed by atoms with E-state index in [1.165, 1.54) is 57.8 Å². The van der Waals surface area contributed by atoms with Crippen LogP contribution in [0.15, 0.2) is 0 Å². The first-order valence-electron chi connectivity index (χ1n) is 8.94. The van der Waals surface area contributed by atoms with Crippen LogP contribution in [0.25, 0.3) is 0 Å². The molecule has 1 fully saturated rings. The van der Waals surface area contributed by atoms with Gasteiger partial charge in [0, 0.05) is 12.4 Å². The van der Waals surface area contributed by atoms with E-state index in [0.717, 1.165) is 6.42 Å². The Morgan fingerprint density at radius 3 is 2.23 bits per heavy atom. The van der Waals surface area contributed by atoms with Crippen LogP contribution in [0.1, 0.15) is 77.6 Å². The van der Waals surface area contributed by atoms with Crippen LogP contribution < -0.4 is 5.09 Å². The topological polar surface area (TPSA) is 47.6 Å². The molecule has 22 heavy (non-hydrogen) atoms. The minimum atomic E-state index is -3.10. The van der Waals surface area contributed by atoms with Crippen LogP contribution in [0, 0.1) is 0 Å². The Bertz CT molecular complexity index is 318. The molecule has 0 aromatic rings. The monoisotopic (exact) mass is 353 g/mol. The predicted molar refractivity (Wildman–Crippen MR) is 93.6 cm³/mol. The quantitative estimate of drug-likeness (QED) is 0.264. The van der Waals surface area contributed by atoms with Crippen LogP contribution in [0.4, 0.5) is 0 Å². The van der Waals surface area contributed by atoms with Crippen molar-refractivity contribution in [1.82, 2.24) is 5.09 Å². The standard InChI is InChI=1S/C16H33ClNO3P/c1-2-3-4-5-6-7-8-9-10-11-13-18-22(19)20-14-12-16(15-17)21-22/h16H,2-15H2,1H3,(H,18,19)/t16-,22+/m0/s1. The van der Waals surface area contributed by atoms with E-state index in [4.69, 9.17) is 20.6 Å². The minimum Gasteiger partial charge on any atom is -0.297 e. The van der Waals surface area contributed by atoms with Gasteiger partial charge in [0.15, 0.2) is 0 Å². The number of halogens is 1. The summed E-state index contributed by atoms with van der Waals surface area (Å²) in [5.41, 5.74) is 0.